The zero-order valence-corrected chi connectivity index (χ0v) is 20.5. The summed E-state index contributed by atoms with van der Waals surface area (Å²) in [6.07, 6.45) is 5.31. The molecule has 0 unspecified atom stereocenters. The first kappa shape index (κ1) is 26.3. The van der Waals surface area contributed by atoms with Crippen molar-refractivity contribution in [2.75, 3.05) is 0 Å². The van der Waals surface area contributed by atoms with Crippen LogP contribution in [-0.2, 0) is 38.1 Å². The third-order valence-electron chi connectivity index (χ3n) is 6.42. The number of β-lactam (4-membered cyclic amide) rings is 1. The Morgan fingerprint density at radius 1 is 1.14 bits per heavy atom. The highest BCUT2D eigenvalue weighted by atomic mass is 32.2. The van der Waals surface area contributed by atoms with Crippen molar-refractivity contribution in [3.8, 4) is 0 Å². The van der Waals surface area contributed by atoms with Crippen LogP contribution in [0.4, 0.5) is 8.78 Å². The summed E-state index contributed by atoms with van der Waals surface area (Å²) in [5.74, 6) is -3.23. The lowest BCUT2D eigenvalue weighted by Gasteiger charge is -2.35. The summed E-state index contributed by atoms with van der Waals surface area (Å²) >= 11 is 0. The van der Waals surface area contributed by atoms with Crippen LogP contribution in [0.15, 0.2) is 43.5 Å². The first-order valence-electron chi connectivity index (χ1n) is 10.9. The lowest BCUT2D eigenvalue weighted by Crippen LogP contribution is -2.57. The lowest BCUT2D eigenvalue weighted by molar-refractivity contribution is -0.157. The van der Waals surface area contributed by atoms with Crippen LogP contribution in [0, 0.1) is 11.6 Å². The van der Waals surface area contributed by atoms with Gasteiger partial charge in [-0.3, -0.25) is 4.79 Å². The fourth-order valence-electron chi connectivity index (χ4n) is 4.48. The van der Waals surface area contributed by atoms with Gasteiger partial charge in [-0.25, -0.2) is 41.3 Å². The monoisotopic (exact) mass is 539 g/mol. The van der Waals surface area contributed by atoms with Gasteiger partial charge in [0.05, 0.1) is 24.3 Å². The average molecular weight is 540 g/mol. The molecule has 1 amide bonds. The number of carbonyl (C=O) groups is 2. The second-order valence-electron chi connectivity index (χ2n) is 9.19. The zero-order chi connectivity index (χ0) is 27.2. The highest BCUT2D eigenvalue weighted by Gasteiger charge is 2.67. The fourth-order valence-corrected chi connectivity index (χ4v) is 6.61. The van der Waals surface area contributed by atoms with Gasteiger partial charge in [0.1, 0.15) is 54.0 Å². The molecule has 37 heavy (non-hydrogen) atoms. The van der Waals surface area contributed by atoms with Gasteiger partial charge in [0.25, 0.3) is 0 Å². The minimum absolute atomic E-state index is 0.0556. The van der Waals surface area contributed by atoms with E-state index in [1.54, 1.807) is 0 Å². The van der Waals surface area contributed by atoms with Crippen LogP contribution in [-0.4, -0.2) is 81.1 Å². The molecular weight excluding hydrogens is 516 g/mol. The smallest absolute Gasteiger partial charge is 0.328 e. The van der Waals surface area contributed by atoms with Gasteiger partial charge in [0.2, 0.25) is 5.91 Å². The Bertz CT molecular complexity index is 1380. The number of rotatable bonds is 6. The first-order valence-corrected chi connectivity index (χ1v) is 12.4. The predicted octanol–water partition coefficient (Wildman–Crippen LogP) is -0.0592. The number of hydrogen-bond donors (Lipinski definition) is 2. The van der Waals surface area contributed by atoms with Crippen LogP contribution in [0.1, 0.15) is 25.8 Å². The molecule has 16 heteroatoms. The number of amides is 1. The SMILES string of the molecule is CC1(C)[C@H](C(=O)O)N2C(=O)C[C@H]2S1(=O)=O.OC(Cn1cncn1)(Cn1cncn1)c1ccc(F)cc1F. The molecule has 0 saturated carbocycles. The van der Waals surface area contributed by atoms with Crippen LogP contribution < -0.4 is 0 Å². The minimum atomic E-state index is -3.57. The maximum absolute atomic E-state index is 14.1. The van der Waals surface area contributed by atoms with E-state index in [0.29, 0.717) is 0 Å². The Labute approximate surface area is 209 Å². The van der Waals surface area contributed by atoms with E-state index in [-0.39, 0.29) is 25.1 Å². The number of aromatic nitrogens is 6. The van der Waals surface area contributed by atoms with Gasteiger partial charge in [0, 0.05) is 11.6 Å². The molecule has 5 rings (SSSR count). The number of hydrogen-bond acceptors (Lipinski definition) is 9. The second-order valence-corrected chi connectivity index (χ2v) is 11.9. The van der Waals surface area contributed by atoms with Crippen LogP contribution in [0.5, 0.6) is 0 Å². The number of sulfone groups is 1. The fraction of sp³-hybridized carbons (Fsp3) is 0.429. The Morgan fingerprint density at radius 2 is 1.70 bits per heavy atom. The van der Waals surface area contributed by atoms with E-state index < -0.39 is 55.1 Å². The van der Waals surface area contributed by atoms with Gasteiger partial charge in [-0.1, -0.05) is 6.07 Å². The van der Waals surface area contributed by atoms with Crippen molar-refractivity contribution in [2.45, 2.75) is 55.1 Å². The zero-order valence-electron chi connectivity index (χ0n) is 19.6. The van der Waals surface area contributed by atoms with Crippen LogP contribution >= 0.6 is 0 Å². The standard InChI is InChI=1S/C13H12F2N6O.C8H11NO5S/c14-10-1-2-11(12(15)3-10)13(22,4-20-8-16-6-18-20)5-21-9-17-7-19-21;1-8(2)6(7(11)12)9-4(10)3-5(9)15(8,13)14/h1-3,6-9,22H,4-5H2;5-6H,3H2,1-2H3,(H,11,12)/t;5-,6+/m.1/s1. The quantitative estimate of drug-likeness (QED) is 0.404. The van der Waals surface area contributed by atoms with E-state index in [4.69, 9.17) is 5.11 Å². The minimum Gasteiger partial charge on any atom is -0.480 e. The number of halogens is 2. The van der Waals surface area contributed by atoms with E-state index in [0.717, 1.165) is 17.0 Å². The van der Waals surface area contributed by atoms with Crippen molar-refractivity contribution in [3.63, 3.8) is 0 Å². The molecule has 0 spiro atoms. The second kappa shape index (κ2) is 9.26. The molecule has 2 N–H and O–H groups in total. The molecule has 2 saturated heterocycles. The number of benzene rings is 1. The van der Waals surface area contributed by atoms with Crippen molar-refractivity contribution in [1.82, 2.24) is 34.4 Å². The molecule has 2 aliphatic heterocycles. The molecule has 13 nitrogen and oxygen atoms in total. The number of carbonyl (C=O) groups excluding carboxylic acids is 1. The number of aliphatic hydroxyl groups is 1. The maximum atomic E-state index is 14.1. The van der Waals surface area contributed by atoms with Gasteiger partial charge in [-0.15, -0.1) is 0 Å². The van der Waals surface area contributed by atoms with E-state index >= 15 is 0 Å². The molecule has 2 aromatic heterocycles. The van der Waals surface area contributed by atoms with Crippen molar-refractivity contribution in [3.05, 3.63) is 60.7 Å². The molecule has 198 valence electrons. The normalized spacial score (nSPS) is 21.5. The number of nitrogens with zero attached hydrogens (tertiary/aromatic N) is 7. The molecule has 4 heterocycles. The Morgan fingerprint density at radius 3 is 2.11 bits per heavy atom. The van der Waals surface area contributed by atoms with E-state index in [1.165, 1.54) is 54.6 Å². The summed E-state index contributed by atoms with van der Waals surface area (Å²) in [5, 5.41) is 26.8. The van der Waals surface area contributed by atoms with Crippen LogP contribution in [0.25, 0.3) is 0 Å². The molecule has 2 fully saturated rings. The summed E-state index contributed by atoms with van der Waals surface area (Å²) in [6.45, 7) is 2.56. The molecule has 1 aromatic carbocycles. The van der Waals surface area contributed by atoms with Crippen molar-refractivity contribution < 1.29 is 37.0 Å². The highest BCUT2D eigenvalue weighted by Crippen LogP contribution is 2.45. The van der Waals surface area contributed by atoms with Crippen LogP contribution in [0.2, 0.25) is 0 Å². The third-order valence-corrected chi connectivity index (χ3v) is 9.22. The van der Waals surface area contributed by atoms with Gasteiger partial charge in [-0.2, -0.15) is 10.2 Å². The summed E-state index contributed by atoms with van der Waals surface area (Å²) in [7, 11) is -3.57. The van der Waals surface area contributed by atoms with Gasteiger partial charge in [0.15, 0.2) is 9.84 Å². The Hall–Kier alpha value is -3.79. The first-order chi connectivity index (χ1) is 17.3. The van der Waals surface area contributed by atoms with Crippen molar-refractivity contribution in [1.29, 1.82) is 0 Å². The third kappa shape index (κ3) is 4.57. The molecule has 2 atom stereocenters. The van der Waals surface area contributed by atoms with E-state index in [2.05, 4.69) is 20.2 Å². The van der Waals surface area contributed by atoms with Gasteiger partial charge >= 0.3 is 5.97 Å². The summed E-state index contributed by atoms with van der Waals surface area (Å²) in [6, 6.07) is 1.77. The Balaban J connectivity index is 0.000000186. The molecule has 0 aliphatic carbocycles. The van der Waals surface area contributed by atoms with Crippen molar-refractivity contribution in [2.24, 2.45) is 0 Å². The predicted molar refractivity (Wildman–Crippen MR) is 120 cm³/mol. The average Bonchev–Trinajstić information content (AvgIpc) is 3.51. The topological polar surface area (TPSA) is 173 Å². The maximum Gasteiger partial charge on any atom is 0.328 e. The lowest BCUT2D eigenvalue weighted by atomic mass is 9.93. The molecular formula is C21H23F2N7O6S. The number of aliphatic carboxylic acids is 1. The summed E-state index contributed by atoms with van der Waals surface area (Å²) in [4.78, 5) is 30.7. The van der Waals surface area contributed by atoms with Crippen LogP contribution in [0.3, 0.4) is 0 Å². The Kier molecular flexibility index (Phi) is 6.58. The number of carboxylic acid groups (broad SMARTS) is 1. The van der Waals surface area contributed by atoms with Gasteiger partial charge in [-0.05, 0) is 19.9 Å². The largest absolute Gasteiger partial charge is 0.480 e. The number of carboxylic acids is 1. The molecule has 0 bridgehead atoms. The highest BCUT2D eigenvalue weighted by molar-refractivity contribution is 7.93. The van der Waals surface area contributed by atoms with E-state index in [1.807, 2.05) is 0 Å². The molecule has 2 aliphatic rings. The number of fused-ring (bicyclic) bond motifs is 1. The molecule has 0 radical (unpaired) electrons. The molecule has 3 aromatic rings. The summed E-state index contributed by atoms with van der Waals surface area (Å²) in [5.41, 5.74) is -1.75. The van der Waals surface area contributed by atoms with Crippen molar-refractivity contribution >= 4 is 21.7 Å². The summed E-state index contributed by atoms with van der Waals surface area (Å²) < 4.78 is 52.3. The van der Waals surface area contributed by atoms with E-state index in [9.17, 15) is 31.9 Å². The van der Waals surface area contributed by atoms with Gasteiger partial charge < -0.3 is 15.1 Å².